The van der Waals surface area contributed by atoms with Crippen molar-refractivity contribution in [2.24, 2.45) is 34.5 Å². The van der Waals surface area contributed by atoms with Crippen LogP contribution in [0.5, 0.6) is 0 Å². The molecule has 0 bridgehead atoms. The van der Waals surface area contributed by atoms with Gasteiger partial charge in [-0.25, -0.2) is 0 Å². The molecule has 0 radical (unpaired) electrons. The summed E-state index contributed by atoms with van der Waals surface area (Å²) in [5, 5.41) is 0. The van der Waals surface area contributed by atoms with Gasteiger partial charge in [-0.3, -0.25) is 4.79 Å². The molecule has 3 saturated carbocycles. The molecule has 0 spiro atoms. The smallest absolute Gasteiger partial charge is 0.303 e. The first kappa shape index (κ1) is 18.3. The van der Waals surface area contributed by atoms with E-state index in [-0.39, 0.29) is 17.0 Å². The molecule has 3 fully saturated rings. The largest absolute Gasteiger partial charge is 0.458 e. The highest BCUT2D eigenvalue weighted by atomic mass is 16.6. The summed E-state index contributed by atoms with van der Waals surface area (Å²) in [4.78, 5) is 12.0. The minimum Gasteiger partial charge on any atom is -0.458 e. The Hall–Kier alpha value is -1.05. The summed E-state index contributed by atoms with van der Waals surface area (Å²) < 4.78 is 6.10. The van der Waals surface area contributed by atoms with Crippen LogP contribution in [0.15, 0.2) is 24.8 Å². The van der Waals surface area contributed by atoms with Gasteiger partial charge in [0.15, 0.2) is 0 Å². The van der Waals surface area contributed by atoms with Crippen LogP contribution in [-0.2, 0) is 9.53 Å². The molecule has 0 N–H and O–H groups in total. The van der Waals surface area contributed by atoms with Crippen LogP contribution < -0.4 is 0 Å². The second kappa shape index (κ2) is 6.24. The molecule has 0 saturated heterocycles. The second-order valence-corrected chi connectivity index (χ2v) is 10.1. The lowest BCUT2D eigenvalue weighted by molar-refractivity contribution is -0.185. The van der Waals surface area contributed by atoms with Crippen LogP contribution in [0, 0.1) is 34.5 Å². The molecule has 0 aromatic rings. The Labute approximate surface area is 159 Å². The molecule has 4 aliphatic carbocycles. The van der Waals surface area contributed by atoms with Crippen molar-refractivity contribution < 1.29 is 9.53 Å². The van der Waals surface area contributed by atoms with Gasteiger partial charge >= 0.3 is 5.97 Å². The zero-order valence-corrected chi connectivity index (χ0v) is 16.9. The molecule has 0 aromatic carbocycles. The Morgan fingerprint density at radius 3 is 2.65 bits per heavy atom. The first-order valence-corrected chi connectivity index (χ1v) is 10.8. The number of ether oxygens (including phenoxy) is 1. The van der Waals surface area contributed by atoms with Crippen LogP contribution in [0.1, 0.15) is 78.6 Å². The third kappa shape index (κ3) is 2.39. The van der Waals surface area contributed by atoms with Crippen molar-refractivity contribution in [1.29, 1.82) is 0 Å². The van der Waals surface area contributed by atoms with E-state index in [4.69, 9.17) is 4.74 Å². The van der Waals surface area contributed by atoms with Crippen LogP contribution in [0.4, 0.5) is 0 Å². The fourth-order valence-electron chi connectivity index (χ4n) is 7.98. The van der Waals surface area contributed by atoms with Gasteiger partial charge in [0.1, 0.15) is 5.60 Å². The molecule has 0 heterocycles. The Balaban J connectivity index is 1.66. The number of hydrogen-bond donors (Lipinski definition) is 0. The van der Waals surface area contributed by atoms with Crippen molar-refractivity contribution in [2.45, 2.75) is 84.2 Å². The third-order valence-electron chi connectivity index (χ3n) is 9.31. The predicted octanol–water partition coefficient (Wildman–Crippen LogP) is 6.07. The van der Waals surface area contributed by atoms with E-state index < -0.39 is 0 Å². The van der Waals surface area contributed by atoms with E-state index in [2.05, 4.69) is 32.6 Å². The van der Waals surface area contributed by atoms with E-state index >= 15 is 0 Å². The second-order valence-electron chi connectivity index (χ2n) is 10.1. The highest BCUT2D eigenvalue weighted by Gasteiger charge is 2.65. The van der Waals surface area contributed by atoms with Crippen molar-refractivity contribution in [1.82, 2.24) is 0 Å². The molecule has 0 amide bonds. The Bertz CT molecular complexity index is 622. The van der Waals surface area contributed by atoms with Gasteiger partial charge in [-0.05, 0) is 80.5 Å². The highest BCUT2D eigenvalue weighted by molar-refractivity contribution is 5.66. The minimum absolute atomic E-state index is 0.113. The molecule has 4 rings (SSSR count). The van der Waals surface area contributed by atoms with Crippen LogP contribution in [-0.4, -0.2) is 11.6 Å². The van der Waals surface area contributed by atoms with Crippen LogP contribution in [0.25, 0.3) is 0 Å². The number of esters is 1. The average Bonchev–Trinajstić information content (AvgIpc) is 2.87. The van der Waals surface area contributed by atoms with E-state index in [1.165, 1.54) is 44.9 Å². The topological polar surface area (TPSA) is 26.3 Å². The summed E-state index contributed by atoms with van der Waals surface area (Å²) in [6, 6.07) is 0. The Kier molecular flexibility index (Phi) is 4.40. The van der Waals surface area contributed by atoms with Crippen LogP contribution in [0.2, 0.25) is 0 Å². The fraction of sp³-hybridized carbons (Fsp3) is 0.792. The van der Waals surface area contributed by atoms with Crippen molar-refractivity contribution >= 4 is 5.97 Å². The molecule has 2 nitrogen and oxygen atoms in total. The molecular weight excluding hydrogens is 320 g/mol. The monoisotopic (exact) mass is 356 g/mol. The molecule has 4 aliphatic rings. The molecule has 2 heteroatoms. The van der Waals surface area contributed by atoms with Gasteiger partial charge in [0.2, 0.25) is 0 Å². The van der Waals surface area contributed by atoms with E-state index in [0.717, 1.165) is 30.6 Å². The molecular formula is C24H36O2. The van der Waals surface area contributed by atoms with Gasteiger partial charge in [0.25, 0.3) is 0 Å². The first-order valence-electron chi connectivity index (χ1n) is 10.8. The molecule has 144 valence electrons. The van der Waals surface area contributed by atoms with E-state index in [0.29, 0.717) is 11.3 Å². The number of rotatable bonds is 3. The van der Waals surface area contributed by atoms with Gasteiger partial charge in [0, 0.05) is 18.8 Å². The molecule has 0 aliphatic heterocycles. The number of carbonyl (C=O) groups excluding carboxylic acids is 1. The summed E-state index contributed by atoms with van der Waals surface area (Å²) in [6.07, 6.45) is 17.7. The number of carbonyl (C=O) groups is 1. The highest BCUT2D eigenvalue weighted by Crippen LogP contribution is 2.69. The van der Waals surface area contributed by atoms with Crippen molar-refractivity contribution in [3.05, 3.63) is 24.8 Å². The summed E-state index contributed by atoms with van der Waals surface area (Å²) in [6.45, 7) is 10.6. The first-order chi connectivity index (χ1) is 12.4. The zero-order chi connectivity index (χ0) is 18.6. The van der Waals surface area contributed by atoms with E-state index in [1.807, 2.05) is 6.08 Å². The van der Waals surface area contributed by atoms with Gasteiger partial charge in [-0.2, -0.15) is 0 Å². The lowest BCUT2D eigenvalue weighted by atomic mass is 9.45. The van der Waals surface area contributed by atoms with Crippen molar-refractivity contribution in [3.8, 4) is 0 Å². The lowest BCUT2D eigenvalue weighted by Gasteiger charge is -2.60. The van der Waals surface area contributed by atoms with Crippen molar-refractivity contribution in [3.63, 3.8) is 0 Å². The number of allylic oxidation sites excluding steroid dienone is 2. The summed E-state index contributed by atoms with van der Waals surface area (Å²) in [5.41, 5.74) is 0.284. The average molecular weight is 357 g/mol. The van der Waals surface area contributed by atoms with Crippen molar-refractivity contribution in [2.75, 3.05) is 0 Å². The molecule has 7 atom stereocenters. The SMILES string of the molecule is C=CC[C@]1(OC(C)=O)CC[C@H]2[C@@H]3CC[C@@H]4CC=CC[C@]4(C)[C@H]3CC[C@@]21C. The third-order valence-corrected chi connectivity index (χ3v) is 9.31. The number of fused-ring (bicyclic) bond motifs is 5. The summed E-state index contributed by atoms with van der Waals surface area (Å²) in [5.74, 6) is 3.11. The number of hydrogen-bond acceptors (Lipinski definition) is 2. The summed E-state index contributed by atoms with van der Waals surface area (Å²) in [7, 11) is 0. The lowest BCUT2D eigenvalue weighted by Crippen LogP contribution is -2.56. The van der Waals surface area contributed by atoms with Gasteiger partial charge in [0.05, 0.1) is 0 Å². The Morgan fingerprint density at radius 2 is 1.92 bits per heavy atom. The maximum atomic E-state index is 12.0. The fourth-order valence-corrected chi connectivity index (χ4v) is 7.98. The maximum Gasteiger partial charge on any atom is 0.303 e. The normalized spacial score (nSPS) is 49.7. The molecule has 26 heavy (non-hydrogen) atoms. The molecule has 0 unspecified atom stereocenters. The van der Waals surface area contributed by atoms with Gasteiger partial charge in [-0.1, -0.05) is 32.1 Å². The quantitative estimate of drug-likeness (QED) is 0.453. The van der Waals surface area contributed by atoms with E-state index in [9.17, 15) is 4.79 Å². The van der Waals surface area contributed by atoms with E-state index in [1.54, 1.807) is 6.92 Å². The summed E-state index contributed by atoms with van der Waals surface area (Å²) >= 11 is 0. The van der Waals surface area contributed by atoms with Gasteiger partial charge in [-0.15, -0.1) is 6.58 Å². The standard InChI is InChI=1S/C24H36O2/c1-5-13-24(26-17(2)25)16-12-21-19-10-9-18-8-6-7-14-22(18,3)20(19)11-15-23(21,24)4/h5-7,18-21H,1,8-16H2,2-4H3/t18-,19+,20-,21-,22-,23-,24-/m0/s1. The minimum atomic E-state index is -0.319. The molecule has 0 aromatic heterocycles. The van der Waals surface area contributed by atoms with Crippen LogP contribution in [0.3, 0.4) is 0 Å². The Morgan fingerprint density at radius 1 is 1.15 bits per heavy atom. The zero-order valence-electron chi connectivity index (χ0n) is 16.9. The van der Waals surface area contributed by atoms with Gasteiger partial charge < -0.3 is 4.74 Å². The maximum absolute atomic E-state index is 12.0. The van der Waals surface area contributed by atoms with Crippen LogP contribution >= 0.6 is 0 Å². The predicted molar refractivity (Wildman–Crippen MR) is 106 cm³/mol.